The van der Waals surface area contributed by atoms with Crippen molar-refractivity contribution in [2.45, 2.75) is 19.6 Å². The SMILES string of the molecule is CC[C@@H](O)n1cnc2c(=S)nc(N)[nH]c21. The van der Waals surface area contributed by atoms with Crippen LogP contribution in [-0.2, 0) is 0 Å². The van der Waals surface area contributed by atoms with Crippen LogP contribution in [0.5, 0.6) is 0 Å². The van der Waals surface area contributed by atoms with Crippen LogP contribution in [0.3, 0.4) is 0 Å². The van der Waals surface area contributed by atoms with Crippen LogP contribution in [0, 0.1) is 4.64 Å². The summed E-state index contributed by atoms with van der Waals surface area (Å²) in [5, 5.41) is 9.71. The van der Waals surface area contributed by atoms with E-state index < -0.39 is 6.23 Å². The van der Waals surface area contributed by atoms with Gasteiger partial charge in [0.15, 0.2) is 10.6 Å². The molecule has 0 aromatic carbocycles. The maximum absolute atomic E-state index is 9.71. The molecule has 0 saturated carbocycles. The van der Waals surface area contributed by atoms with Gasteiger partial charge in [-0.2, -0.15) is 0 Å². The molecule has 80 valence electrons. The van der Waals surface area contributed by atoms with E-state index in [4.69, 9.17) is 18.0 Å². The zero-order valence-corrected chi connectivity index (χ0v) is 8.95. The van der Waals surface area contributed by atoms with Crippen LogP contribution in [0.2, 0.25) is 0 Å². The number of anilines is 1. The molecule has 0 spiro atoms. The Labute approximate surface area is 90.8 Å². The van der Waals surface area contributed by atoms with Gasteiger partial charge in [0.1, 0.15) is 17.4 Å². The van der Waals surface area contributed by atoms with Gasteiger partial charge >= 0.3 is 0 Å². The molecule has 2 heterocycles. The zero-order valence-electron chi connectivity index (χ0n) is 8.14. The first kappa shape index (κ1) is 10.1. The second kappa shape index (κ2) is 3.59. The number of imidazole rings is 1. The van der Waals surface area contributed by atoms with Gasteiger partial charge in [-0.3, -0.25) is 4.57 Å². The lowest BCUT2D eigenvalue weighted by Crippen LogP contribution is -2.07. The molecule has 0 amide bonds. The highest BCUT2D eigenvalue weighted by molar-refractivity contribution is 7.71. The lowest BCUT2D eigenvalue weighted by Gasteiger charge is -2.09. The predicted molar refractivity (Wildman–Crippen MR) is 58.7 cm³/mol. The summed E-state index contributed by atoms with van der Waals surface area (Å²) in [4.78, 5) is 10.8. The first-order valence-electron chi connectivity index (χ1n) is 4.54. The Morgan fingerprint density at radius 1 is 1.73 bits per heavy atom. The smallest absolute Gasteiger partial charge is 0.200 e. The maximum Gasteiger partial charge on any atom is 0.200 e. The summed E-state index contributed by atoms with van der Waals surface area (Å²) in [5.41, 5.74) is 6.69. The minimum atomic E-state index is -0.637. The summed E-state index contributed by atoms with van der Waals surface area (Å²) in [6.07, 6.45) is 1.46. The molecule has 4 N–H and O–H groups in total. The third-order valence-electron chi connectivity index (χ3n) is 2.15. The molecule has 0 unspecified atom stereocenters. The quantitative estimate of drug-likeness (QED) is 0.662. The van der Waals surface area contributed by atoms with Gasteiger partial charge in [0.25, 0.3) is 0 Å². The number of rotatable bonds is 2. The summed E-state index contributed by atoms with van der Waals surface area (Å²) in [5.74, 6) is 0.220. The Balaban J connectivity index is 2.74. The molecule has 6 nitrogen and oxygen atoms in total. The van der Waals surface area contributed by atoms with E-state index in [1.807, 2.05) is 6.92 Å². The van der Waals surface area contributed by atoms with Gasteiger partial charge in [-0.05, 0) is 6.42 Å². The number of nitrogen functional groups attached to an aromatic ring is 1. The number of nitrogens with zero attached hydrogens (tertiary/aromatic N) is 3. The van der Waals surface area contributed by atoms with Crippen LogP contribution in [-0.4, -0.2) is 24.6 Å². The molecule has 15 heavy (non-hydrogen) atoms. The number of nitrogens with one attached hydrogen (secondary N) is 1. The molecular weight excluding hydrogens is 214 g/mol. The van der Waals surface area contributed by atoms with Gasteiger partial charge in [0, 0.05) is 0 Å². The number of hydrogen-bond donors (Lipinski definition) is 3. The summed E-state index contributed by atoms with van der Waals surface area (Å²) in [7, 11) is 0. The molecule has 0 aliphatic carbocycles. The molecule has 1 atom stereocenters. The number of H-pyrrole nitrogens is 1. The van der Waals surface area contributed by atoms with Gasteiger partial charge in [0.2, 0.25) is 0 Å². The summed E-state index contributed by atoms with van der Waals surface area (Å²) >= 11 is 5.01. The molecule has 0 saturated heterocycles. The number of nitrogens with two attached hydrogens (primary N) is 1. The Bertz CT molecular complexity index is 545. The predicted octanol–water partition coefficient (Wildman–Crippen LogP) is 0.972. The average Bonchev–Trinajstić information content (AvgIpc) is 2.60. The highest BCUT2D eigenvalue weighted by Crippen LogP contribution is 2.17. The van der Waals surface area contributed by atoms with Crippen molar-refractivity contribution in [1.29, 1.82) is 0 Å². The van der Waals surface area contributed by atoms with Crippen molar-refractivity contribution in [3.8, 4) is 0 Å². The lowest BCUT2D eigenvalue weighted by atomic mass is 10.4. The fourth-order valence-electron chi connectivity index (χ4n) is 1.38. The van der Waals surface area contributed by atoms with Gasteiger partial charge in [-0.1, -0.05) is 19.1 Å². The maximum atomic E-state index is 9.71. The molecule has 2 aromatic rings. The fourth-order valence-corrected chi connectivity index (χ4v) is 1.62. The summed E-state index contributed by atoms with van der Waals surface area (Å²) in [6, 6.07) is 0. The van der Waals surface area contributed by atoms with E-state index in [0.717, 1.165) is 0 Å². The van der Waals surface area contributed by atoms with Gasteiger partial charge in [-0.15, -0.1) is 0 Å². The Kier molecular flexibility index (Phi) is 2.41. The minimum absolute atomic E-state index is 0.220. The van der Waals surface area contributed by atoms with E-state index in [-0.39, 0.29) is 5.95 Å². The molecule has 0 bridgehead atoms. The van der Waals surface area contributed by atoms with Crippen molar-refractivity contribution in [3.05, 3.63) is 11.0 Å². The van der Waals surface area contributed by atoms with E-state index in [2.05, 4.69) is 15.0 Å². The molecule has 0 radical (unpaired) electrons. The normalized spacial score (nSPS) is 13.2. The number of aliphatic hydroxyl groups excluding tert-OH is 1. The van der Waals surface area contributed by atoms with Crippen LogP contribution in [0.15, 0.2) is 6.33 Å². The van der Waals surface area contributed by atoms with E-state index >= 15 is 0 Å². The van der Waals surface area contributed by atoms with Crippen LogP contribution in [0.25, 0.3) is 11.2 Å². The highest BCUT2D eigenvalue weighted by atomic mass is 32.1. The van der Waals surface area contributed by atoms with Crippen LogP contribution >= 0.6 is 12.2 Å². The Hall–Kier alpha value is -1.47. The number of aromatic amines is 1. The van der Waals surface area contributed by atoms with E-state index in [1.165, 1.54) is 6.33 Å². The molecule has 0 aliphatic heterocycles. The second-order valence-corrected chi connectivity index (χ2v) is 3.55. The first-order chi connectivity index (χ1) is 7.13. The molecular formula is C8H11N5OS. The third-order valence-corrected chi connectivity index (χ3v) is 2.44. The summed E-state index contributed by atoms with van der Waals surface area (Å²) in [6.45, 7) is 1.87. The van der Waals surface area contributed by atoms with Crippen LogP contribution in [0.1, 0.15) is 19.6 Å². The topological polar surface area (TPSA) is 92.8 Å². The standard InChI is InChI=1S/C8H11N5OS/c1-2-4(14)13-3-10-5-6(13)11-8(9)12-7(5)15/h3-4,14H,2H2,1H3,(H3,9,11,12,15)/t4-/m1/s1. The summed E-state index contributed by atoms with van der Waals surface area (Å²) < 4.78 is 1.92. The number of aromatic nitrogens is 4. The molecule has 0 aliphatic rings. The van der Waals surface area contributed by atoms with Gasteiger partial charge in [0.05, 0.1) is 6.33 Å². The lowest BCUT2D eigenvalue weighted by molar-refractivity contribution is 0.103. The number of aliphatic hydroxyl groups is 1. The molecule has 0 fully saturated rings. The zero-order chi connectivity index (χ0) is 11.0. The third kappa shape index (κ3) is 1.59. The molecule has 7 heteroatoms. The Morgan fingerprint density at radius 3 is 3.13 bits per heavy atom. The number of hydrogen-bond acceptors (Lipinski definition) is 5. The van der Waals surface area contributed by atoms with Crippen LogP contribution < -0.4 is 5.73 Å². The molecule has 2 rings (SSSR count). The van der Waals surface area contributed by atoms with E-state index in [9.17, 15) is 5.11 Å². The van der Waals surface area contributed by atoms with Crippen molar-refractivity contribution in [2.24, 2.45) is 0 Å². The highest BCUT2D eigenvalue weighted by Gasteiger charge is 2.11. The Morgan fingerprint density at radius 2 is 2.47 bits per heavy atom. The van der Waals surface area contributed by atoms with Gasteiger partial charge in [-0.25, -0.2) is 9.97 Å². The van der Waals surface area contributed by atoms with Crippen molar-refractivity contribution in [2.75, 3.05) is 5.73 Å². The van der Waals surface area contributed by atoms with Crippen LogP contribution in [0.4, 0.5) is 5.95 Å². The van der Waals surface area contributed by atoms with Crippen molar-refractivity contribution in [3.63, 3.8) is 0 Å². The minimum Gasteiger partial charge on any atom is -0.373 e. The number of fused-ring (bicyclic) bond motifs is 1. The van der Waals surface area contributed by atoms with E-state index in [0.29, 0.717) is 22.2 Å². The van der Waals surface area contributed by atoms with Gasteiger partial charge < -0.3 is 15.8 Å². The van der Waals surface area contributed by atoms with E-state index in [1.54, 1.807) is 4.57 Å². The average molecular weight is 225 g/mol. The van der Waals surface area contributed by atoms with Crippen molar-refractivity contribution < 1.29 is 5.11 Å². The fraction of sp³-hybridized carbons (Fsp3) is 0.375. The van der Waals surface area contributed by atoms with Crippen molar-refractivity contribution >= 4 is 29.3 Å². The molecule has 2 aromatic heterocycles. The van der Waals surface area contributed by atoms with Crippen molar-refractivity contribution in [1.82, 2.24) is 19.5 Å². The monoisotopic (exact) mass is 225 g/mol. The second-order valence-electron chi connectivity index (χ2n) is 3.17. The largest absolute Gasteiger partial charge is 0.373 e. The first-order valence-corrected chi connectivity index (χ1v) is 4.94.